The molecule has 5 nitrogen and oxygen atoms in total. The van der Waals surface area contributed by atoms with E-state index in [1.54, 1.807) is 6.26 Å². The molecule has 0 bridgehead atoms. The maximum atomic E-state index is 10.9. The molecule has 5 heteroatoms. The molecule has 1 unspecified atom stereocenters. The van der Waals surface area contributed by atoms with E-state index in [-0.39, 0.29) is 18.4 Å². The zero-order valence-electron chi connectivity index (χ0n) is 9.56. The molecule has 0 spiro atoms. The Kier molecular flexibility index (Phi) is 5.01. The van der Waals surface area contributed by atoms with Gasteiger partial charge in [0.05, 0.1) is 12.8 Å². The van der Waals surface area contributed by atoms with Crippen LogP contribution < -0.4 is 11.5 Å². The van der Waals surface area contributed by atoms with E-state index in [1.165, 1.54) is 0 Å². The first-order valence-electron chi connectivity index (χ1n) is 5.42. The van der Waals surface area contributed by atoms with Gasteiger partial charge in [0.2, 0.25) is 5.91 Å². The molecule has 1 aromatic rings. The number of nitrogens with two attached hydrogens (primary N) is 2. The molecule has 1 rings (SSSR count). The second-order valence-corrected chi connectivity index (χ2v) is 3.70. The van der Waals surface area contributed by atoms with Crippen LogP contribution in [0.4, 0.5) is 0 Å². The van der Waals surface area contributed by atoms with Gasteiger partial charge in [-0.1, -0.05) is 6.92 Å². The van der Waals surface area contributed by atoms with E-state index in [2.05, 4.69) is 4.90 Å². The Hall–Kier alpha value is -1.33. The standard InChI is InChI=1S/C11H19N3O2/c1-2-14(8-10-4-3-5-16-10)9(7-12)6-11(13)15/h3-5,9H,2,6-8,12H2,1H3,(H2,13,15). The van der Waals surface area contributed by atoms with Gasteiger partial charge in [0.1, 0.15) is 5.76 Å². The van der Waals surface area contributed by atoms with Gasteiger partial charge in [0.15, 0.2) is 0 Å². The van der Waals surface area contributed by atoms with E-state index in [0.29, 0.717) is 13.1 Å². The molecule has 0 aliphatic heterocycles. The number of hydrogen-bond donors (Lipinski definition) is 2. The van der Waals surface area contributed by atoms with E-state index >= 15 is 0 Å². The molecule has 1 heterocycles. The Labute approximate surface area is 95.4 Å². The fraction of sp³-hybridized carbons (Fsp3) is 0.545. The molecule has 0 saturated heterocycles. The second-order valence-electron chi connectivity index (χ2n) is 3.70. The van der Waals surface area contributed by atoms with E-state index < -0.39 is 0 Å². The summed E-state index contributed by atoms with van der Waals surface area (Å²) in [6, 6.07) is 3.72. The summed E-state index contributed by atoms with van der Waals surface area (Å²) in [5.74, 6) is 0.540. The summed E-state index contributed by atoms with van der Waals surface area (Å²) in [5.41, 5.74) is 10.8. The van der Waals surface area contributed by atoms with Gasteiger partial charge >= 0.3 is 0 Å². The topological polar surface area (TPSA) is 85.5 Å². The normalized spacial score (nSPS) is 12.9. The number of carbonyl (C=O) groups is 1. The molecular weight excluding hydrogens is 206 g/mol. The molecule has 0 radical (unpaired) electrons. The molecule has 16 heavy (non-hydrogen) atoms. The van der Waals surface area contributed by atoms with E-state index in [4.69, 9.17) is 15.9 Å². The zero-order valence-corrected chi connectivity index (χ0v) is 9.56. The predicted molar refractivity (Wildman–Crippen MR) is 61.4 cm³/mol. The van der Waals surface area contributed by atoms with Crippen molar-refractivity contribution in [1.82, 2.24) is 4.90 Å². The van der Waals surface area contributed by atoms with Crippen molar-refractivity contribution < 1.29 is 9.21 Å². The van der Waals surface area contributed by atoms with Crippen molar-refractivity contribution in [3.05, 3.63) is 24.2 Å². The predicted octanol–water partition coefficient (Wildman–Crippen LogP) is 0.304. The summed E-state index contributed by atoms with van der Waals surface area (Å²) >= 11 is 0. The van der Waals surface area contributed by atoms with Gasteiger partial charge < -0.3 is 15.9 Å². The Morgan fingerprint density at radius 2 is 2.38 bits per heavy atom. The maximum absolute atomic E-state index is 10.9. The van der Waals surface area contributed by atoms with E-state index in [1.807, 2.05) is 19.1 Å². The summed E-state index contributed by atoms with van der Waals surface area (Å²) in [4.78, 5) is 13.0. The lowest BCUT2D eigenvalue weighted by molar-refractivity contribution is -0.119. The molecule has 0 aliphatic rings. The van der Waals surface area contributed by atoms with Crippen LogP contribution in [-0.4, -0.2) is 29.9 Å². The number of primary amides is 1. The molecular formula is C11H19N3O2. The second kappa shape index (κ2) is 6.30. The highest BCUT2D eigenvalue weighted by Crippen LogP contribution is 2.10. The number of nitrogens with zero attached hydrogens (tertiary/aromatic N) is 1. The maximum Gasteiger partial charge on any atom is 0.219 e. The van der Waals surface area contributed by atoms with Crippen molar-refractivity contribution in [2.24, 2.45) is 11.5 Å². The van der Waals surface area contributed by atoms with Gasteiger partial charge in [-0.15, -0.1) is 0 Å². The van der Waals surface area contributed by atoms with Crippen LogP contribution in [0.15, 0.2) is 22.8 Å². The van der Waals surface area contributed by atoms with Crippen LogP contribution in [0.5, 0.6) is 0 Å². The fourth-order valence-electron chi connectivity index (χ4n) is 1.70. The van der Waals surface area contributed by atoms with Crippen LogP contribution in [0.25, 0.3) is 0 Å². The largest absolute Gasteiger partial charge is 0.468 e. The third kappa shape index (κ3) is 3.67. The average molecular weight is 225 g/mol. The monoisotopic (exact) mass is 225 g/mol. The molecule has 0 fully saturated rings. The van der Waals surface area contributed by atoms with Crippen molar-refractivity contribution in [2.75, 3.05) is 13.1 Å². The van der Waals surface area contributed by atoms with Gasteiger partial charge in [-0.25, -0.2) is 0 Å². The quantitative estimate of drug-likeness (QED) is 0.699. The highest BCUT2D eigenvalue weighted by atomic mass is 16.3. The molecule has 90 valence electrons. The fourth-order valence-corrected chi connectivity index (χ4v) is 1.70. The molecule has 1 aromatic heterocycles. The van der Waals surface area contributed by atoms with Crippen molar-refractivity contribution in [3.63, 3.8) is 0 Å². The number of rotatable bonds is 7. The van der Waals surface area contributed by atoms with Crippen LogP contribution in [0.1, 0.15) is 19.1 Å². The third-order valence-electron chi connectivity index (χ3n) is 2.57. The molecule has 0 aliphatic carbocycles. The van der Waals surface area contributed by atoms with Gasteiger partial charge in [-0.2, -0.15) is 0 Å². The first-order valence-corrected chi connectivity index (χ1v) is 5.42. The van der Waals surface area contributed by atoms with Crippen molar-refractivity contribution in [1.29, 1.82) is 0 Å². The van der Waals surface area contributed by atoms with Gasteiger partial charge in [0, 0.05) is 19.0 Å². The van der Waals surface area contributed by atoms with Crippen LogP contribution in [0.2, 0.25) is 0 Å². The highest BCUT2D eigenvalue weighted by molar-refractivity contribution is 5.74. The first kappa shape index (κ1) is 12.7. The van der Waals surface area contributed by atoms with Gasteiger partial charge in [-0.3, -0.25) is 9.69 Å². The van der Waals surface area contributed by atoms with Crippen LogP contribution in [0, 0.1) is 0 Å². The summed E-state index contributed by atoms with van der Waals surface area (Å²) < 4.78 is 5.27. The SMILES string of the molecule is CCN(Cc1ccco1)C(CN)CC(N)=O. The summed E-state index contributed by atoms with van der Waals surface area (Å²) in [6.45, 7) is 3.89. The van der Waals surface area contributed by atoms with E-state index in [9.17, 15) is 4.79 Å². The minimum atomic E-state index is -0.326. The lowest BCUT2D eigenvalue weighted by atomic mass is 10.1. The summed E-state index contributed by atoms with van der Waals surface area (Å²) in [7, 11) is 0. The van der Waals surface area contributed by atoms with Crippen molar-refractivity contribution in [2.45, 2.75) is 25.9 Å². The van der Waals surface area contributed by atoms with Crippen LogP contribution in [-0.2, 0) is 11.3 Å². The highest BCUT2D eigenvalue weighted by Gasteiger charge is 2.18. The van der Waals surface area contributed by atoms with E-state index in [0.717, 1.165) is 12.3 Å². The Morgan fingerprint density at radius 1 is 1.62 bits per heavy atom. The number of likely N-dealkylation sites (N-methyl/N-ethyl adjacent to an activating group) is 1. The summed E-state index contributed by atoms with van der Waals surface area (Å²) in [6.07, 6.45) is 1.92. The molecule has 1 amide bonds. The molecule has 1 atom stereocenters. The third-order valence-corrected chi connectivity index (χ3v) is 2.57. The minimum Gasteiger partial charge on any atom is -0.468 e. The molecule has 0 saturated carbocycles. The minimum absolute atomic E-state index is 0.0207. The Bertz CT molecular complexity index is 311. The molecule has 0 aromatic carbocycles. The lowest BCUT2D eigenvalue weighted by Gasteiger charge is -2.27. The van der Waals surface area contributed by atoms with Crippen molar-refractivity contribution >= 4 is 5.91 Å². The first-order chi connectivity index (χ1) is 7.67. The van der Waals surface area contributed by atoms with Crippen LogP contribution in [0.3, 0.4) is 0 Å². The average Bonchev–Trinajstić information content (AvgIpc) is 2.75. The zero-order chi connectivity index (χ0) is 12.0. The number of carbonyl (C=O) groups excluding carboxylic acids is 1. The van der Waals surface area contributed by atoms with Crippen molar-refractivity contribution in [3.8, 4) is 0 Å². The molecule has 4 N–H and O–H groups in total. The number of hydrogen-bond acceptors (Lipinski definition) is 4. The number of furan rings is 1. The van der Waals surface area contributed by atoms with Crippen LogP contribution >= 0.6 is 0 Å². The lowest BCUT2D eigenvalue weighted by Crippen LogP contribution is -2.42. The Morgan fingerprint density at radius 3 is 2.81 bits per heavy atom. The number of amides is 1. The Balaban J connectivity index is 2.60. The van der Waals surface area contributed by atoms with Gasteiger partial charge in [-0.05, 0) is 18.7 Å². The smallest absolute Gasteiger partial charge is 0.219 e. The summed E-state index contributed by atoms with van der Waals surface area (Å²) in [5, 5.41) is 0. The van der Waals surface area contributed by atoms with Gasteiger partial charge in [0.25, 0.3) is 0 Å².